The van der Waals surface area contributed by atoms with Crippen LogP contribution in [-0.4, -0.2) is 27.5 Å². The van der Waals surface area contributed by atoms with E-state index in [4.69, 9.17) is 9.52 Å². The number of hydrogen-bond donors (Lipinski definition) is 2. The molecule has 0 aliphatic carbocycles. The largest absolute Gasteiger partial charge is 0.478 e. The monoisotopic (exact) mass is 345 g/mol. The van der Waals surface area contributed by atoms with Gasteiger partial charge in [-0.15, -0.1) is 0 Å². The molecule has 1 atom stereocenters. The zero-order valence-electron chi connectivity index (χ0n) is 12.7. The van der Waals surface area contributed by atoms with Crippen LogP contribution in [0.15, 0.2) is 41.0 Å². The quantitative estimate of drug-likeness (QED) is 0.782. The molecule has 1 fully saturated rings. The summed E-state index contributed by atoms with van der Waals surface area (Å²) in [5.41, 5.74) is 2.69. The number of carboxylic acid groups (broad SMARTS) is 1. The lowest BCUT2D eigenvalue weighted by molar-refractivity contribution is -0.131. The number of hydrogen-bond acceptors (Lipinski definition) is 5. The first-order chi connectivity index (χ1) is 11.5. The number of carbonyl (C=O) groups is 3. The smallest absolute Gasteiger partial charge is 0.327 e. The van der Waals surface area contributed by atoms with Crippen LogP contribution >= 0.6 is 11.8 Å². The molecule has 24 heavy (non-hydrogen) atoms. The normalized spacial score (nSPS) is 17.8. The number of nitrogens with one attached hydrogen (secondary N) is 1. The predicted molar refractivity (Wildman–Crippen MR) is 89.9 cm³/mol. The molecule has 124 valence electrons. The van der Waals surface area contributed by atoms with Crippen LogP contribution in [0.1, 0.15) is 17.5 Å². The average Bonchev–Trinajstić information content (AvgIpc) is 3.06. The Labute approximate surface area is 141 Å². The lowest BCUT2D eigenvalue weighted by atomic mass is 10.0. The third kappa shape index (κ3) is 3.68. The molecule has 1 saturated heterocycles. The molecule has 0 saturated carbocycles. The first-order valence-electron chi connectivity index (χ1n) is 7.43. The van der Waals surface area contributed by atoms with E-state index in [0.717, 1.165) is 39.9 Å². The molecule has 3 rings (SSSR count). The number of carbonyl (C=O) groups excluding carboxylic acids is 2. The summed E-state index contributed by atoms with van der Waals surface area (Å²) in [7, 11) is 0. The Morgan fingerprint density at radius 3 is 2.92 bits per heavy atom. The van der Waals surface area contributed by atoms with Crippen LogP contribution in [0, 0.1) is 0 Å². The molecule has 0 bridgehead atoms. The van der Waals surface area contributed by atoms with Crippen LogP contribution in [0.4, 0.5) is 4.79 Å². The van der Waals surface area contributed by atoms with Gasteiger partial charge in [-0.25, -0.2) is 4.79 Å². The van der Waals surface area contributed by atoms with Gasteiger partial charge < -0.3 is 9.52 Å². The molecule has 1 aliphatic heterocycles. The van der Waals surface area contributed by atoms with E-state index in [0.29, 0.717) is 19.3 Å². The standard InChI is InChI=1S/C17H15NO5S/c19-15(20)4-2-1-3-11-9-23-13-6-5-10(7-12(11)13)8-14-16(21)18-17(22)24-14/h2,4-7,9,14H,1,3,8H2,(H,19,20)(H,18,21,22). The zero-order valence-corrected chi connectivity index (χ0v) is 13.5. The van der Waals surface area contributed by atoms with E-state index in [1.54, 1.807) is 12.3 Å². The van der Waals surface area contributed by atoms with Gasteiger partial charge in [0.1, 0.15) is 5.58 Å². The number of imide groups is 1. The number of thioether (sulfide) groups is 1. The van der Waals surface area contributed by atoms with Gasteiger partial charge >= 0.3 is 5.97 Å². The Morgan fingerprint density at radius 1 is 1.38 bits per heavy atom. The summed E-state index contributed by atoms with van der Waals surface area (Å²) in [6.07, 6.45) is 6.14. The summed E-state index contributed by atoms with van der Waals surface area (Å²) < 4.78 is 5.51. The molecule has 1 aliphatic rings. The Bertz CT molecular complexity index is 839. The molecule has 2 amide bonds. The second-order valence-electron chi connectivity index (χ2n) is 5.46. The van der Waals surface area contributed by atoms with E-state index in [-0.39, 0.29) is 11.1 Å². The lowest BCUT2D eigenvalue weighted by Crippen LogP contribution is -2.25. The van der Waals surface area contributed by atoms with E-state index in [1.807, 2.05) is 18.2 Å². The third-order valence-corrected chi connectivity index (χ3v) is 4.73. The van der Waals surface area contributed by atoms with Crippen molar-refractivity contribution in [2.75, 3.05) is 0 Å². The minimum absolute atomic E-state index is 0.253. The maximum Gasteiger partial charge on any atom is 0.327 e. The van der Waals surface area contributed by atoms with E-state index in [2.05, 4.69) is 5.32 Å². The van der Waals surface area contributed by atoms with Gasteiger partial charge in [0.15, 0.2) is 0 Å². The van der Waals surface area contributed by atoms with Gasteiger partial charge in [-0.2, -0.15) is 0 Å². The summed E-state index contributed by atoms with van der Waals surface area (Å²) in [6.45, 7) is 0. The van der Waals surface area contributed by atoms with Crippen LogP contribution in [0.5, 0.6) is 0 Å². The lowest BCUT2D eigenvalue weighted by Gasteiger charge is -2.05. The number of rotatable bonds is 6. The predicted octanol–water partition coefficient (Wildman–Crippen LogP) is 2.90. The number of fused-ring (bicyclic) bond motifs is 1. The Kier molecular flexibility index (Phi) is 4.71. The Morgan fingerprint density at radius 2 is 2.21 bits per heavy atom. The van der Waals surface area contributed by atoms with E-state index in [9.17, 15) is 14.4 Å². The van der Waals surface area contributed by atoms with Crippen molar-refractivity contribution in [3.8, 4) is 0 Å². The first-order valence-corrected chi connectivity index (χ1v) is 8.31. The van der Waals surface area contributed by atoms with Gasteiger partial charge in [-0.1, -0.05) is 23.9 Å². The minimum atomic E-state index is -0.962. The molecule has 2 N–H and O–H groups in total. The molecule has 0 spiro atoms. The van der Waals surface area contributed by atoms with Gasteiger partial charge in [-0.05, 0) is 42.5 Å². The summed E-state index contributed by atoms with van der Waals surface area (Å²) >= 11 is 1.01. The van der Waals surface area contributed by atoms with E-state index < -0.39 is 11.2 Å². The Hall–Kier alpha value is -2.54. The highest BCUT2D eigenvalue weighted by Gasteiger charge is 2.31. The number of carboxylic acids is 1. The van der Waals surface area contributed by atoms with Gasteiger partial charge in [0, 0.05) is 11.5 Å². The second-order valence-corrected chi connectivity index (χ2v) is 6.63. The van der Waals surface area contributed by atoms with Crippen molar-refractivity contribution in [1.29, 1.82) is 0 Å². The van der Waals surface area contributed by atoms with Crippen LogP contribution < -0.4 is 5.32 Å². The highest BCUT2D eigenvalue weighted by molar-refractivity contribution is 8.15. The third-order valence-electron chi connectivity index (χ3n) is 3.75. The zero-order chi connectivity index (χ0) is 17.1. The molecule has 0 radical (unpaired) electrons. The number of amides is 2. The highest BCUT2D eigenvalue weighted by atomic mass is 32.2. The molecule has 7 heteroatoms. The molecule has 1 aromatic carbocycles. The van der Waals surface area contributed by atoms with E-state index in [1.165, 1.54) is 0 Å². The van der Waals surface area contributed by atoms with Crippen molar-refractivity contribution in [2.45, 2.75) is 24.5 Å². The molecule has 1 unspecified atom stereocenters. The molecule has 6 nitrogen and oxygen atoms in total. The van der Waals surface area contributed by atoms with Crippen molar-refractivity contribution in [3.63, 3.8) is 0 Å². The first kappa shape index (κ1) is 16.3. The van der Waals surface area contributed by atoms with Crippen LogP contribution in [0.25, 0.3) is 11.0 Å². The van der Waals surface area contributed by atoms with Crippen molar-refractivity contribution in [2.24, 2.45) is 0 Å². The van der Waals surface area contributed by atoms with Crippen LogP contribution in [0.2, 0.25) is 0 Å². The fourth-order valence-electron chi connectivity index (χ4n) is 2.61. The van der Waals surface area contributed by atoms with Gasteiger partial charge in [0.2, 0.25) is 5.91 Å². The topological polar surface area (TPSA) is 96.6 Å². The van der Waals surface area contributed by atoms with Gasteiger partial charge in [-0.3, -0.25) is 14.9 Å². The summed E-state index contributed by atoms with van der Waals surface area (Å²) in [5, 5.41) is 11.1. The summed E-state index contributed by atoms with van der Waals surface area (Å²) in [4.78, 5) is 33.4. The molecule has 2 heterocycles. The molecular weight excluding hydrogens is 330 g/mol. The Balaban J connectivity index is 1.74. The fourth-order valence-corrected chi connectivity index (χ4v) is 3.47. The number of benzene rings is 1. The van der Waals surface area contributed by atoms with E-state index >= 15 is 0 Å². The van der Waals surface area contributed by atoms with Crippen molar-refractivity contribution < 1.29 is 23.9 Å². The summed E-state index contributed by atoms with van der Waals surface area (Å²) in [6, 6.07) is 5.70. The maximum atomic E-state index is 11.7. The maximum absolute atomic E-state index is 11.7. The molecule has 2 aromatic rings. The van der Waals surface area contributed by atoms with Gasteiger partial charge in [0.05, 0.1) is 11.5 Å². The second kappa shape index (κ2) is 6.92. The molecular formula is C17H15NO5S. The number of allylic oxidation sites excluding steroid dienone is 1. The number of furan rings is 1. The fraction of sp³-hybridized carbons (Fsp3) is 0.235. The van der Waals surface area contributed by atoms with Crippen molar-refractivity contribution in [3.05, 3.63) is 47.7 Å². The number of aryl methyl sites for hydroxylation is 1. The minimum Gasteiger partial charge on any atom is -0.478 e. The van der Waals surface area contributed by atoms with Crippen molar-refractivity contribution in [1.82, 2.24) is 5.32 Å². The number of aliphatic carboxylic acids is 1. The SMILES string of the molecule is O=C(O)C=CCCc1coc2ccc(CC3SC(=O)NC3=O)cc12. The summed E-state index contributed by atoms with van der Waals surface area (Å²) in [5.74, 6) is -1.22. The van der Waals surface area contributed by atoms with Crippen LogP contribution in [0.3, 0.4) is 0 Å². The average molecular weight is 345 g/mol. The van der Waals surface area contributed by atoms with Crippen molar-refractivity contribution >= 4 is 39.8 Å². The molecule has 1 aromatic heterocycles. The highest BCUT2D eigenvalue weighted by Crippen LogP contribution is 2.27. The van der Waals surface area contributed by atoms with Crippen LogP contribution in [-0.2, 0) is 22.4 Å². The van der Waals surface area contributed by atoms with Gasteiger partial charge in [0.25, 0.3) is 5.24 Å².